The summed E-state index contributed by atoms with van der Waals surface area (Å²) in [5, 5.41) is 5.44. The van der Waals surface area contributed by atoms with Crippen molar-refractivity contribution in [2.24, 2.45) is 0 Å². The second kappa shape index (κ2) is 7.60. The van der Waals surface area contributed by atoms with Crippen molar-refractivity contribution in [2.45, 2.75) is 0 Å². The largest absolute Gasteiger partial charge is 0.465 e. The molecule has 0 aliphatic heterocycles. The minimum Gasteiger partial charge on any atom is -0.465 e. The molecule has 0 aliphatic rings. The van der Waals surface area contributed by atoms with Crippen molar-refractivity contribution >= 4 is 34.9 Å². The Morgan fingerprint density at radius 1 is 1.17 bits per heavy atom. The van der Waals surface area contributed by atoms with E-state index in [9.17, 15) is 14.0 Å². The standard InChI is InChI=1S/C16H14ClFN2O3/c1-23-16(22)10-3-2-4-12(7-10)20-15(21)9-19-11-5-6-14(18)13(17)8-11/h2-8,19H,9H2,1H3,(H,20,21). The van der Waals surface area contributed by atoms with Crippen LogP contribution in [0, 0.1) is 5.82 Å². The molecule has 23 heavy (non-hydrogen) atoms. The van der Waals surface area contributed by atoms with Crippen molar-refractivity contribution in [2.75, 3.05) is 24.3 Å². The number of halogens is 2. The molecule has 0 fully saturated rings. The molecule has 1 amide bonds. The fourth-order valence-electron chi connectivity index (χ4n) is 1.84. The van der Waals surface area contributed by atoms with E-state index >= 15 is 0 Å². The van der Waals surface area contributed by atoms with Gasteiger partial charge < -0.3 is 15.4 Å². The van der Waals surface area contributed by atoms with Gasteiger partial charge in [0.2, 0.25) is 5.91 Å². The molecule has 5 nitrogen and oxygen atoms in total. The van der Waals surface area contributed by atoms with Gasteiger partial charge in [-0.1, -0.05) is 17.7 Å². The number of benzene rings is 2. The second-order valence-corrected chi connectivity index (χ2v) is 5.01. The fourth-order valence-corrected chi connectivity index (χ4v) is 2.02. The maximum atomic E-state index is 13.0. The third kappa shape index (κ3) is 4.69. The van der Waals surface area contributed by atoms with E-state index in [4.69, 9.17) is 11.6 Å². The topological polar surface area (TPSA) is 67.4 Å². The van der Waals surface area contributed by atoms with Gasteiger partial charge in [-0.3, -0.25) is 4.79 Å². The van der Waals surface area contributed by atoms with Gasteiger partial charge in [-0.05, 0) is 36.4 Å². The first-order valence-electron chi connectivity index (χ1n) is 6.67. The van der Waals surface area contributed by atoms with Crippen LogP contribution in [0.15, 0.2) is 42.5 Å². The molecule has 2 aromatic rings. The first-order valence-corrected chi connectivity index (χ1v) is 7.04. The summed E-state index contributed by atoms with van der Waals surface area (Å²) in [6.45, 7) is -0.0373. The zero-order valence-electron chi connectivity index (χ0n) is 12.2. The number of nitrogens with one attached hydrogen (secondary N) is 2. The molecular formula is C16H14ClFN2O3. The first-order chi connectivity index (χ1) is 11.0. The highest BCUT2D eigenvalue weighted by atomic mass is 35.5. The number of rotatable bonds is 5. The number of hydrogen-bond donors (Lipinski definition) is 2. The molecule has 0 spiro atoms. The van der Waals surface area contributed by atoms with Crippen LogP contribution >= 0.6 is 11.6 Å². The van der Waals surface area contributed by atoms with Crippen LogP contribution in [0.25, 0.3) is 0 Å². The third-order valence-corrected chi connectivity index (χ3v) is 3.23. The number of methoxy groups -OCH3 is 1. The van der Waals surface area contributed by atoms with Gasteiger partial charge in [-0.2, -0.15) is 0 Å². The van der Waals surface area contributed by atoms with Crippen molar-refractivity contribution in [3.05, 3.63) is 58.9 Å². The molecule has 0 radical (unpaired) electrons. The molecule has 0 atom stereocenters. The maximum Gasteiger partial charge on any atom is 0.337 e. The fraction of sp³-hybridized carbons (Fsp3) is 0.125. The van der Waals surface area contributed by atoms with Crippen LogP contribution < -0.4 is 10.6 Å². The SMILES string of the molecule is COC(=O)c1cccc(NC(=O)CNc2ccc(F)c(Cl)c2)c1. The predicted octanol–water partition coefficient (Wildman–Crippen LogP) is 3.32. The molecule has 2 N–H and O–H groups in total. The second-order valence-electron chi connectivity index (χ2n) is 4.60. The lowest BCUT2D eigenvalue weighted by atomic mass is 10.2. The summed E-state index contributed by atoms with van der Waals surface area (Å²) in [4.78, 5) is 23.3. The van der Waals surface area contributed by atoms with E-state index in [1.807, 2.05) is 0 Å². The number of ether oxygens (including phenoxy) is 1. The summed E-state index contributed by atoms with van der Waals surface area (Å²) in [5.74, 6) is -1.34. The summed E-state index contributed by atoms with van der Waals surface area (Å²) >= 11 is 5.66. The Balaban J connectivity index is 1.94. The van der Waals surface area contributed by atoms with Crippen molar-refractivity contribution in [3.63, 3.8) is 0 Å². The lowest BCUT2D eigenvalue weighted by Crippen LogP contribution is -2.21. The average molecular weight is 337 g/mol. The summed E-state index contributed by atoms with van der Waals surface area (Å²) in [6, 6.07) is 10.5. The molecule has 0 saturated heterocycles. The highest BCUT2D eigenvalue weighted by Gasteiger charge is 2.08. The van der Waals surface area contributed by atoms with Gasteiger partial charge in [0, 0.05) is 11.4 Å². The predicted molar refractivity (Wildman–Crippen MR) is 86.3 cm³/mol. The highest BCUT2D eigenvalue weighted by Crippen LogP contribution is 2.19. The minimum absolute atomic E-state index is 0.0267. The van der Waals surface area contributed by atoms with Gasteiger partial charge in [-0.25, -0.2) is 9.18 Å². The number of carbonyl (C=O) groups excluding carboxylic acids is 2. The summed E-state index contributed by atoms with van der Waals surface area (Å²) in [5.41, 5.74) is 1.33. The first kappa shape index (κ1) is 16.8. The van der Waals surface area contributed by atoms with Crippen LogP contribution in [0.2, 0.25) is 5.02 Å². The van der Waals surface area contributed by atoms with E-state index in [1.165, 1.54) is 31.4 Å². The molecule has 0 heterocycles. The van der Waals surface area contributed by atoms with Crippen molar-refractivity contribution < 1.29 is 18.7 Å². The van der Waals surface area contributed by atoms with Gasteiger partial charge >= 0.3 is 5.97 Å². The Morgan fingerprint density at radius 2 is 1.96 bits per heavy atom. The minimum atomic E-state index is -0.527. The van der Waals surface area contributed by atoms with Crippen molar-refractivity contribution in [1.29, 1.82) is 0 Å². The van der Waals surface area contributed by atoms with E-state index in [-0.39, 0.29) is 17.5 Å². The number of carbonyl (C=O) groups is 2. The zero-order valence-corrected chi connectivity index (χ0v) is 13.0. The number of hydrogen-bond acceptors (Lipinski definition) is 4. The van der Waals surface area contributed by atoms with Gasteiger partial charge in [0.25, 0.3) is 0 Å². The number of anilines is 2. The molecule has 120 valence electrons. The Morgan fingerprint density at radius 3 is 2.65 bits per heavy atom. The number of esters is 1. The van der Waals surface area contributed by atoms with E-state index < -0.39 is 11.8 Å². The van der Waals surface area contributed by atoms with Gasteiger partial charge in [-0.15, -0.1) is 0 Å². The van der Waals surface area contributed by atoms with E-state index in [0.717, 1.165) is 0 Å². The van der Waals surface area contributed by atoms with E-state index in [0.29, 0.717) is 16.9 Å². The molecule has 0 saturated carbocycles. The van der Waals surface area contributed by atoms with Crippen molar-refractivity contribution in [3.8, 4) is 0 Å². The van der Waals surface area contributed by atoms with Crippen molar-refractivity contribution in [1.82, 2.24) is 0 Å². The average Bonchev–Trinajstić information content (AvgIpc) is 2.55. The Hall–Kier alpha value is -2.60. The molecule has 0 unspecified atom stereocenters. The quantitative estimate of drug-likeness (QED) is 0.822. The normalized spacial score (nSPS) is 10.0. The Labute approximate surface area is 137 Å². The summed E-state index contributed by atoms with van der Waals surface area (Å²) < 4.78 is 17.7. The highest BCUT2D eigenvalue weighted by molar-refractivity contribution is 6.31. The molecule has 0 aliphatic carbocycles. The molecule has 2 aromatic carbocycles. The molecule has 7 heteroatoms. The van der Waals surface area contributed by atoms with Gasteiger partial charge in [0.1, 0.15) is 5.82 Å². The lowest BCUT2D eigenvalue weighted by molar-refractivity contribution is -0.114. The number of amides is 1. The lowest BCUT2D eigenvalue weighted by Gasteiger charge is -2.09. The van der Waals surface area contributed by atoms with E-state index in [2.05, 4.69) is 15.4 Å². The smallest absolute Gasteiger partial charge is 0.337 e. The van der Waals surface area contributed by atoms with Crippen LogP contribution in [-0.2, 0) is 9.53 Å². The van der Waals surface area contributed by atoms with Crippen LogP contribution in [0.4, 0.5) is 15.8 Å². The van der Waals surface area contributed by atoms with Crippen LogP contribution in [0.1, 0.15) is 10.4 Å². The Bertz CT molecular complexity index is 737. The molecular weight excluding hydrogens is 323 g/mol. The van der Waals surface area contributed by atoms with Crippen LogP contribution in [0.3, 0.4) is 0 Å². The molecule has 0 aromatic heterocycles. The van der Waals surface area contributed by atoms with Gasteiger partial charge in [0.15, 0.2) is 0 Å². The maximum absolute atomic E-state index is 13.0. The van der Waals surface area contributed by atoms with Crippen LogP contribution in [-0.4, -0.2) is 25.5 Å². The third-order valence-electron chi connectivity index (χ3n) is 2.94. The Kier molecular flexibility index (Phi) is 5.54. The van der Waals surface area contributed by atoms with Gasteiger partial charge in [0.05, 0.1) is 24.2 Å². The van der Waals surface area contributed by atoms with Crippen LogP contribution in [0.5, 0.6) is 0 Å². The van der Waals surface area contributed by atoms with E-state index in [1.54, 1.807) is 18.2 Å². The summed E-state index contributed by atoms with van der Waals surface area (Å²) in [6.07, 6.45) is 0. The monoisotopic (exact) mass is 336 g/mol. The summed E-state index contributed by atoms with van der Waals surface area (Å²) in [7, 11) is 1.28. The molecule has 2 rings (SSSR count). The molecule has 0 bridgehead atoms. The zero-order chi connectivity index (χ0) is 16.8.